The smallest absolute Gasteiger partial charge is 0.308 e. The molecule has 4 rings (SSSR count). The van der Waals surface area contributed by atoms with Crippen molar-refractivity contribution in [2.75, 3.05) is 20.2 Å². The third-order valence-electron chi connectivity index (χ3n) is 4.93. The molecule has 1 saturated heterocycles. The minimum Gasteiger partial charge on any atom is -0.492 e. The van der Waals surface area contributed by atoms with Gasteiger partial charge in [-0.05, 0) is 31.5 Å². The van der Waals surface area contributed by atoms with E-state index in [0.717, 1.165) is 36.4 Å². The fourth-order valence-electron chi connectivity index (χ4n) is 3.60. The quantitative estimate of drug-likeness (QED) is 0.709. The molecule has 136 valence electrons. The fourth-order valence-corrected chi connectivity index (χ4v) is 4.69. The molecule has 3 aromatic rings. The van der Waals surface area contributed by atoms with Gasteiger partial charge in [-0.25, -0.2) is 4.98 Å². The Kier molecular flexibility index (Phi) is 4.60. The van der Waals surface area contributed by atoms with Crippen molar-refractivity contribution in [1.29, 1.82) is 0 Å². The lowest BCUT2D eigenvalue weighted by Gasteiger charge is -2.36. The Labute approximate surface area is 154 Å². The second-order valence-corrected chi connectivity index (χ2v) is 7.40. The van der Waals surface area contributed by atoms with Gasteiger partial charge in [0.25, 0.3) is 0 Å². The van der Waals surface area contributed by atoms with Crippen LogP contribution >= 0.6 is 11.3 Å². The van der Waals surface area contributed by atoms with Gasteiger partial charge in [0.05, 0.1) is 23.9 Å². The molecule has 1 aliphatic rings. The van der Waals surface area contributed by atoms with E-state index >= 15 is 0 Å². The number of thiazole rings is 1. The first-order chi connectivity index (χ1) is 12.7. The number of ether oxygens (including phenoxy) is 1. The van der Waals surface area contributed by atoms with E-state index < -0.39 is 0 Å². The van der Waals surface area contributed by atoms with Crippen LogP contribution < -0.4 is 0 Å². The van der Waals surface area contributed by atoms with Crippen LogP contribution in [-0.2, 0) is 9.53 Å². The van der Waals surface area contributed by atoms with E-state index in [2.05, 4.69) is 27.1 Å². The lowest BCUT2D eigenvalue weighted by Crippen LogP contribution is -2.39. The maximum Gasteiger partial charge on any atom is 0.308 e. The minimum absolute atomic E-state index is 0.0522. The van der Waals surface area contributed by atoms with Crippen LogP contribution in [0.5, 0.6) is 5.88 Å². The van der Waals surface area contributed by atoms with E-state index in [1.165, 1.54) is 29.3 Å². The van der Waals surface area contributed by atoms with Crippen molar-refractivity contribution in [3.63, 3.8) is 0 Å². The zero-order chi connectivity index (χ0) is 18.1. The Bertz CT molecular complexity index is 900. The molecular formula is C18H20N4O3S. The molecule has 0 radical (unpaired) electrons. The normalized spacial score (nSPS) is 17.4. The number of hydrogen-bond acceptors (Lipinski definition) is 7. The topological polar surface area (TPSA) is 80.0 Å². The number of aromatic nitrogens is 3. The van der Waals surface area contributed by atoms with Crippen LogP contribution in [0.15, 0.2) is 36.7 Å². The first-order valence-electron chi connectivity index (χ1n) is 8.57. The van der Waals surface area contributed by atoms with Crippen LogP contribution in [0.4, 0.5) is 0 Å². The highest BCUT2D eigenvalue weighted by molar-refractivity contribution is 7.17. The number of rotatable bonds is 4. The summed E-state index contributed by atoms with van der Waals surface area (Å²) in [6.45, 7) is 1.51. The van der Waals surface area contributed by atoms with E-state index in [-0.39, 0.29) is 23.8 Å². The molecule has 1 aromatic carbocycles. The number of nitrogens with zero attached hydrogens (tertiary/aromatic N) is 4. The summed E-state index contributed by atoms with van der Waals surface area (Å²) in [5.41, 5.74) is 1.10. The van der Waals surface area contributed by atoms with Crippen molar-refractivity contribution < 1.29 is 14.6 Å². The Morgan fingerprint density at radius 2 is 2.04 bits per heavy atom. The molecule has 0 spiro atoms. The molecule has 0 saturated carbocycles. The number of fused-ring (bicyclic) bond motifs is 1. The SMILES string of the molecule is COC(=O)C1CCN([C@@H](c2ccccc2)c2sc3ncnn3c2O)CC1. The highest BCUT2D eigenvalue weighted by Gasteiger charge is 2.33. The number of esters is 1. The monoisotopic (exact) mass is 372 g/mol. The van der Waals surface area contributed by atoms with E-state index in [1.54, 1.807) is 0 Å². The van der Waals surface area contributed by atoms with Gasteiger partial charge in [0, 0.05) is 0 Å². The number of methoxy groups -OCH3 is 1. The summed E-state index contributed by atoms with van der Waals surface area (Å²) in [5.74, 6) is -0.0578. The largest absolute Gasteiger partial charge is 0.492 e. The van der Waals surface area contributed by atoms with Crippen LogP contribution in [0.25, 0.3) is 4.96 Å². The van der Waals surface area contributed by atoms with Gasteiger partial charge in [-0.1, -0.05) is 41.7 Å². The highest BCUT2D eigenvalue weighted by atomic mass is 32.1. The van der Waals surface area contributed by atoms with Crippen molar-refractivity contribution in [1.82, 2.24) is 19.5 Å². The number of carbonyl (C=O) groups is 1. The molecule has 1 N–H and O–H groups in total. The predicted octanol–water partition coefficient (Wildman–Crippen LogP) is 2.47. The lowest BCUT2D eigenvalue weighted by molar-refractivity contribution is -0.147. The Morgan fingerprint density at radius 3 is 2.69 bits per heavy atom. The van der Waals surface area contributed by atoms with Crippen LogP contribution in [0.3, 0.4) is 0 Å². The predicted molar refractivity (Wildman–Crippen MR) is 97.1 cm³/mol. The molecule has 1 aliphatic heterocycles. The van der Waals surface area contributed by atoms with Crippen LogP contribution in [-0.4, -0.2) is 50.8 Å². The fraction of sp³-hybridized carbons (Fsp3) is 0.389. The van der Waals surface area contributed by atoms with Crippen molar-refractivity contribution in [3.05, 3.63) is 47.1 Å². The van der Waals surface area contributed by atoms with Crippen molar-refractivity contribution in [2.45, 2.75) is 18.9 Å². The Balaban J connectivity index is 1.68. The second-order valence-electron chi connectivity index (χ2n) is 6.39. The van der Waals surface area contributed by atoms with Gasteiger partial charge in [-0.3, -0.25) is 9.69 Å². The van der Waals surface area contributed by atoms with Crippen LogP contribution in [0.2, 0.25) is 0 Å². The molecular weight excluding hydrogens is 352 g/mol. The second kappa shape index (κ2) is 7.05. The summed E-state index contributed by atoms with van der Waals surface area (Å²) in [5, 5.41) is 14.8. The summed E-state index contributed by atoms with van der Waals surface area (Å²) < 4.78 is 6.36. The molecule has 0 amide bonds. The Morgan fingerprint density at radius 1 is 1.31 bits per heavy atom. The average molecular weight is 372 g/mol. The van der Waals surface area contributed by atoms with E-state index in [9.17, 15) is 9.90 Å². The molecule has 0 unspecified atom stereocenters. The number of piperidine rings is 1. The summed E-state index contributed by atoms with van der Waals surface area (Å²) >= 11 is 1.44. The molecule has 1 atom stereocenters. The highest BCUT2D eigenvalue weighted by Crippen LogP contribution is 2.41. The summed E-state index contributed by atoms with van der Waals surface area (Å²) in [6.07, 6.45) is 2.93. The Hall–Kier alpha value is -2.45. The molecule has 7 nitrogen and oxygen atoms in total. The molecule has 0 bridgehead atoms. The molecule has 1 fully saturated rings. The molecule has 2 aromatic heterocycles. The molecule has 3 heterocycles. The average Bonchev–Trinajstić information content (AvgIpc) is 3.26. The van der Waals surface area contributed by atoms with Gasteiger partial charge in [0.15, 0.2) is 0 Å². The number of hydrogen-bond donors (Lipinski definition) is 1. The third-order valence-corrected chi connectivity index (χ3v) is 6.02. The van der Waals surface area contributed by atoms with Gasteiger partial charge in [0.2, 0.25) is 10.8 Å². The third kappa shape index (κ3) is 2.95. The summed E-state index contributed by atoms with van der Waals surface area (Å²) in [4.78, 5) is 19.8. The zero-order valence-corrected chi connectivity index (χ0v) is 15.2. The first-order valence-corrected chi connectivity index (χ1v) is 9.39. The molecule has 26 heavy (non-hydrogen) atoms. The summed E-state index contributed by atoms with van der Waals surface area (Å²) in [7, 11) is 1.44. The first kappa shape index (κ1) is 17.0. The summed E-state index contributed by atoms with van der Waals surface area (Å²) in [6, 6.07) is 10.0. The maximum atomic E-state index is 11.8. The molecule has 8 heteroatoms. The zero-order valence-electron chi connectivity index (χ0n) is 14.4. The van der Waals surface area contributed by atoms with E-state index in [4.69, 9.17) is 4.74 Å². The van der Waals surface area contributed by atoms with Gasteiger partial charge in [0.1, 0.15) is 6.33 Å². The van der Waals surface area contributed by atoms with Crippen LogP contribution in [0, 0.1) is 5.92 Å². The van der Waals surface area contributed by atoms with Gasteiger partial charge in [-0.2, -0.15) is 9.61 Å². The van der Waals surface area contributed by atoms with E-state index in [0.29, 0.717) is 4.96 Å². The number of benzene rings is 1. The number of aromatic hydroxyl groups is 1. The van der Waals surface area contributed by atoms with Gasteiger partial charge < -0.3 is 9.84 Å². The standard InChI is InChI=1S/C18H20N4O3S/c1-25-17(24)13-7-9-21(10-8-13)14(12-5-3-2-4-6-12)15-16(23)22-18(26-15)19-11-20-22/h2-6,11,13-14,23H,7-10H2,1H3/t14-/m0/s1. The van der Waals surface area contributed by atoms with Crippen molar-refractivity contribution in [2.24, 2.45) is 5.92 Å². The van der Waals surface area contributed by atoms with Gasteiger partial charge in [-0.15, -0.1) is 0 Å². The minimum atomic E-state index is -0.137. The van der Waals surface area contributed by atoms with Gasteiger partial charge >= 0.3 is 5.97 Å². The maximum absolute atomic E-state index is 11.8. The number of carbonyl (C=O) groups excluding carboxylic acids is 1. The molecule has 0 aliphatic carbocycles. The van der Waals surface area contributed by atoms with E-state index in [1.807, 2.05) is 18.2 Å². The number of likely N-dealkylation sites (tertiary alicyclic amines) is 1. The lowest BCUT2D eigenvalue weighted by atomic mass is 9.94. The van der Waals surface area contributed by atoms with Crippen molar-refractivity contribution in [3.8, 4) is 5.88 Å². The van der Waals surface area contributed by atoms with Crippen LogP contribution in [0.1, 0.15) is 29.3 Å². The van der Waals surface area contributed by atoms with Crippen molar-refractivity contribution >= 4 is 22.3 Å².